The summed E-state index contributed by atoms with van der Waals surface area (Å²) in [7, 11) is 3.86. The highest BCUT2D eigenvalue weighted by Crippen LogP contribution is 2.33. The van der Waals surface area contributed by atoms with Crippen LogP contribution in [0, 0.1) is 0 Å². The lowest BCUT2D eigenvalue weighted by molar-refractivity contribution is -0.149. The SMILES string of the molecule is CC(C)OC(=O)CN1C(=O)S/C(=C/c2ccc(N(C)C)c(Br)c2)C1=O. The fraction of sp³-hybridized carbons (Fsp3) is 0.353. The van der Waals surface area contributed by atoms with Gasteiger partial charge in [-0.1, -0.05) is 6.07 Å². The molecule has 0 N–H and O–H groups in total. The Bertz CT molecular complexity index is 746. The Kier molecular flexibility index (Phi) is 6.29. The number of hydrogen-bond acceptors (Lipinski definition) is 6. The normalized spacial score (nSPS) is 16.1. The molecule has 1 aromatic carbocycles. The van der Waals surface area contributed by atoms with Crippen molar-refractivity contribution in [2.75, 3.05) is 25.5 Å². The lowest BCUT2D eigenvalue weighted by Crippen LogP contribution is -2.35. The van der Waals surface area contributed by atoms with Gasteiger partial charge in [0.25, 0.3) is 11.1 Å². The summed E-state index contributed by atoms with van der Waals surface area (Å²) in [5.41, 5.74) is 1.79. The van der Waals surface area contributed by atoms with E-state index >= 15 is 0 Å². The average Bonchev–Trinajstić information content (AvgIpc) is 2.73. The average molecular weight is 427 g/mol. The third-order valence-electron chi connectivity index (χ3n) is 3.28. The van der Waals surface area contributed by atoms with E-state index in [1.54, 1.807) is 19.9 Å². The standard InChI is InChI=1S/C17H19BrN2O4S/c1-10(2)24-15(21)9-20-16(22)14(25-17(20)23)8-11-5-6-13(19(3)4)12(18)7-11/h5-8,10H,9H2,1-4H3/b14-8+. The maximum Gasteiger partial charge on any atom is 0.326 e. The van der Waals surface area contributed by atoms with Crippen molar-refractivity contribution in [3.63, 3.8) is 0 Å². The van der Waals surface area contributed by atoms with Gasteiger partial charge in [0.05, 0.1) is 16.7 Å². The molecule has 2 rings (SSSR count). The highest BCUT2D eigenvalue weighted by molar-refractivity contribution is 9.10. The summed E-state index contributed by atoms with van der Waals surface area (Å²) in [6.45, 7) is 3.05. The number of amides is 2. The Labute approximate surface area is 159 Å². The quantitative estimate of drug-likeness (QED) is 0.530. The maximum atomic E-state index is 12.4. The minimum Gasteiger partial charge on any atom is -0.462 e. The van der Waals surface area contributed by atoms with Crippen LogP contribution in [0.5, 0.6) is 0 Å². The molecule has 0 radical (unpaired) electrons. The summed E-state index contributed by atoms with van der Waals surface area (Å²) >= 11 is 4.31. The van der Waals surface area contributed by atoms with Gasteiger partial charge in [-0.25, -0.2) is 0 Å². The van der Waals surface area contributed by atoms with Gasteiger partial charge in [0, 0.05) is 18.6 Å². The van der Waals surface area contributed by atoms with Crippen molar-refractivity contribution in [2.45, 2.75) is 20.0 Å². The topological polar surface area (TPSA) is 66.9 Å². The Morgan fingerprint density at radius 2 is 2.04 bits per heavy atom. The minimum absolute atomic E-state index is 0.284. The summed E-state index contributed by atoms with van der Waals surface area (Å²) in [5.74, 6) is -1.08. The number of ether oxygens (including phenoxy) is 1. The number of esters is 1. The molecular formula is C17H19BrN2O4S. The molecule has 2 amide bonds. The first-order chi connectivity index (χ1) is 11.7. The van der Waals surface area contributed by atoms with Crippen LogP contribution in [0.25, 0.3) is 6.08 Å². The number of anilines is 1. The van der Waals surface area contributed by atoms with Gasteiger partial charge in [0.15, 0.2) is 0 Å². The van der Waals surface area contributed by atoms with Gasteiger partial charge < -0.3 is 9.64 Å². The first kappa shape index (κ1) is 19.5. The van der Waals surface area contributed by atoms with Crippen LogP contribution in [0.1, 0.15) is 19.4 Å². The highest BCUT2D eigenvalue weighted by atomic mass is 79.9. The van der Waals surface area contributed by atoms with Crippen LogP contribution < -0.4 is 4.90 Å². The predicted molar refractivity (Wildman–Crippen MR) is 102 cm³/mol. The molecule has 1 aliphatic heterocycles. The molecule has 0 atom stereocenters. The van der Waals surface area contributed by atoms with E-state index in [0.29, 0.717) is 0 Å². The van der Waals surface area contributed by atoms with E-state index in [9.17, 15) is 14.4 Å². The zero-order chi connectivity index (χ0) is 18.7. The van der Waals surface area contributed by atoms with Crippen molar-refractivity contribution in [3.05, 3.63) is 33.1 Å². The van der Waals surface area contributed by atoms with E-state index in [-0.39, 0.29) is 17.6 Å². The molecule has 1 aromatic rings. The van der Waals surface area contributed by atoms with Gasteiger partial charge in [-0.15, -0.1) is 0 Å². The molecule has 134 valence electrons. The summed E-state index contributed by atoms with van der Waals surface area (Å²) in [6.07, 6.45) is 1.35. The fourth-order valence-electron chi connectivity index (χ4n) is 2.19. The molecule has 0 aliphatic carbocycles. The first-order valence-electron chi connectivity index (χ1n) is 7.60. The number of halogens is 1. The van der Waals surface area contributed by atoms with Gasteiger partial charge >= 0.3 is 5.97 Å². The number of carbonyl (C=O) groups is 3. The van der Waals surface area contributed by atoms with Crippen molar-refractivity contribution >= 4 is 56.6 Å². The lowest BCUT2D eigenvalue weighted by atomic mass is 10.2. The number of nitrogens with zero attached hydrogens (tertiary/aromatic N) is 2. The molecule has 25 heavy (non-hydrogen) atoms. The van der Waals surface area contributed by atoms with Gasteiger partial charge in [0.2, 0.25) is 0 Å². The van der Waals surface area contributed by atoms with E-state index in [0.717, 1.165) is 32.4 Å². The molecule has 0 spiro atoms. The smallest absolute Gasteiger partial charge is 0.326 e. The minimum atomic E-state index is -0.600. The number of thioether (sulfide) groups is 1. The number of benzene rings is 1. The third kappa shape index (κ3) is 4.85. The van der Waals surface area contributed by atoms with Crippen molar-refractivity contribution in [3.8, 4) is 0 Å². The van der Waals surface area contributed by atoms with E-state index in [2.05, 4.69) is 15.9 Å². The summed E-state index contributed by atoms with van der Waals surface area (Å²) in [5, 5.41) is -0.471. The Balaban J connectivity index is 2.17. The predicted octanol–water partition coefficient (Wildman–Crippen LogP) is 3.50. The lowest BCUT2D eigenvalue weighted by Gasteiger charge is -2.14. The van der Waals surface area contributed by atoms with Crippen molar-refractivity contribution in [1.29, 1.82) is 0 Å². The second-order valence-electron chi connectivity index (χ2n) is 5.91. The number of rotatable bonds is 5. The number of hydrogen-bond donors (Lipinski definition) is 0. The maximum absolute atomic E-state index is 12.4. The molecule has 0 saturated carbocycles. The van der Waals surface area contributed by atoms with Gasteiger partial charge in [0.1, 0.15) is 6.54 Å². The van der Waals surface area contributed by atoms with Crippen LogP contribution in [-0.2, 0) is 14.3 Å². The van der Waals surface area contributed by atoms with Crippen LogP contribution in [-0.4, -0.2) is 48.8 Å². The molecular weight excluding hydrogens is 408 g/mol. The second kappa shape index (κ2) is 8.05. The Morgan fingerprint density at radius 1 is 1.36 bits per heavy atom. The van der Waals surface area contributed by atoms with Gasteiger partial charge in [-0.2, -0.15) is 0 Å². The van der Waals surface area contributed by atoms with Crippen LogP contribution in [0.3, 0.4) is 0 Å². The Hall–Kier alpha value is -1.80. The fourth-order valence-corrected chi connectivity index (χ4v) is 3.78. The largest absolute Gasteiger partial charge is 0.462 e. The van der Waals surface area contributed by atoms with Crippen molar-refractivity contribution in [2.24, 2.45) is 0 Å². The zero-order valence-corrected chi connectivity index (χ0v) is 16.8. The van der Waals surface area contributed by atoms with Gasteiger partial charge in [-0.05, 0) is 65.3 Å². The molecule has 1 aliphatic rings. The van der Waals surface area contributed by atoms with Crippen LogP contribution in [0.2, 0.25) is 0 Å². The van der Waals surface area contributed by atoms with Crippen molar-refractivity contribution in [1.82, 2.24) is 4.90 Å². The van der Waals surface area contributed by atoms with Crippen LogP contribution >= 0.6 is 27.7 Å². The molecule has 0 unspecified atom stereocenters. The van der Waals surface area contributed by atoms with E-state index in [1.807, 2.05) is 37.2 Å². The molecule has 0 aromatic heterocycles. The molecule has 8 heteroatoms. The molecule has 6 nitrogen and oxygen atoms in total. The van der Waals surface area contributed by atoms with Crippen LogP contribution in [0.4, 0.5) is 10.5 Å². The summed E-state index contributed by atoms with van der Waals surface area (Å²) in [4.78, 5) is 39.3. The second-order valence-corrected chi connectivity index (χ2v) is 7.76. The van der Waals surface area contributed by atoms with Gasteiger partial charge in [-0.3, -0.25) is 19.3 Å². The molecule has 1 saturated heterocycles. The number of imide groups is 1. The Morgan fingerprint density at radius 3 is 2.60 bits per heavy atom. The monoisotopic (exact) mass is 426 g/mol. The van der Waals surface area contributed by atoms with E-state index < -0.39 is 17.1 Å². The van der Waals surface area contributed by atoms with E-state index in [4.69, 9.17) is 4.74 Å². The van der Waals surface area contributed by atoms with E-state index in [1.165, 1.54) is 0 Å². The molecule has 1 heterocycles. The first-order valence-corrected chi connectivity index (χ1v) is 9.21. The highest BCUT2D eigenvalue weighted by Gasteiger charge is 2.36. The molecule has 1 fully saturated rings. The third-order valence-corrected chi connectivity index (χ3v) is 4.82. The summed E-state index contributed by atoms with van der Waals surface area (Å²) < 4.78 is 5.87. The summed E-state index contributed by atoms with van der Waals surface area (Å²) in [6, 6.07) is 5.65. The molecule has 0 bridgehead atoms. The number of carbonyl (C=O) groups excluding carboxylic acids is 3. The van der Waals surface area contributed by atoms with Crippen molar-refractivity contribution < 1.29 is 19.1 Å². The zero-order valence-electron chi connectivity index (χ0n) is 14.4. The van der Waals surface area contributed by atoms with Crippen LogP contribution in [0.15, 0.2) is 27.6 Å².